The summed E-state index contributed by atoms with van der Waals surface area (Å²) in [6.45, 7) is 2.13. The molecular weight excluding hydrogens is 404 g/mol. The summed E-state index contributed by atoms with van der Waals surface area (Å²) in [7, 11) is 0. The summed E-state index contributed by atoms with van der Waals surface area (Å²) in [6.07, 6.45) is 0. The minimum atomic E-state index is -0.175. The minimum absolute atomic E-state index is 0.175. The Kier molecular flexibility index (Phi) is 5.09. The van der Waals surface area contributed by atoms with E-state index in [1.165, 1.54) is 0 Å². The van der Waals surface area contributed by atoms with E-state index in [0.717, 1.165) is 22.6 Å². The highest BCUT2D eigenvalue weighted by Crippen LogP contribution is 2.22. The van der Waals surface area contributed by atoms with Crippen molar-refractivity contribution in [1.82, 2.24) is 25.1 Å². The van der Waals surface area contributed by atoms with Gasteiger partial charge in [-0.25, -0.2) is 4.52 Å². The topological polar surface area (TPSA) is 97.3 Å². The molecule has 0 radical (unpaired) electrons. The molecule has 0 unspecified atom stereocenters. The monoisotopic (exact) mass is 424 g/mol. The molecule has 5 aromatic rings. The van der Waals surface area contributed by atoms with Crippen LogP contribution in [0.15, 0.2) is 83.4 Å². The third kappa shape index (κ3) is 4.06. The highest BCUT2D eigenvalue weighted by Gasteiger charge is 2.11. The molecule has 0 saturated heterocycles. The lowest BCUT2D eigenvalue weighted by atomic mass is 10.1. The Bertz CT molecular complexity index is 1370. The van der Waals surface area contributed by atoms with E-state index < -0.39 is 0 Å². The van der Waals surface area contributed by atoms with Crippen molar-refractivity contribution < 1.29 is 9.32 Å². The number of fused-ring (bicyclic) bond motifs is 1. The molecule has 3 aromatic heterocycles. The maximum Gasteiger partial charge on any atom is 0.251 e. The number of nitrogens with one attached hydrogen (secondary N) is 2. The Balaban J connectivity index is 1.35. The number of aryl methyl sites for hydroxylation is 1. The second-order valence-electron chi connectivity index (χ2n) is 7.30. The van der Waals surface area contributed by atoms with Crippen LogP contribution in [-0.4, -0.2) is 25.7 Å². The van der Waals surface area contributed by atoms with Crippen LogP contribution in [0.2, 0.25) is 0 Å². The summed E-state index contributed by atoms with van der Waals surface area (Å²) in [5.41, 5.74) is 4.69. The van der Waals surface area contributed by atoms with Gasteiger partial charge in [-0.15, -0.1) is 5.10 Å². The number of para-hydroxylation sites is 1. The van der Waals surface area contributed by atoms with Gasteiger partial charge in [-0.05, 0) is 43.3 Å². The smallest absolute Gasteiger partial charge is 0.251 e. The number of hydrogen-bond acceptors (Lipinski definition) is 6. The SMILES string of the molecule is Cc1cc(CNC(=O)c2ccc(-c3cccc4nc(Nc5ccccc5)nn34)cc2)no1. The lowest BCUT2D eigenvalue weighted by Crippen LogP contribution is -2.22. The first-order chi connectivity index (χ1) is 15.7. The number of pyridine rings is 1. The van der Waals surface area contributed by atoms with E-state index in [9.17, 15) is 4.79 Å². The Hall–Kier alpha value is -4.46. The normalized spacial score (nSPS) is 10.9. The maximum absolute atomic E-state index is 12.5. The van der Waals surface area contributed by atoms with Gasteiger partial charge in [-0.2, -0.15) is 4.98 Å². The second-order valence-corrected chi connectivity index (χ2v) is 7.30. The van der Waals surface area contributed by atoms with Crippen molar-refractivity contribution in [3.05, 3.63) is 95.9 Å². The van der Waals surface area contributed by atoms with Gasteiger partial charge in [0.2, 0.25) is 5.95 Å². The number of anilines is 2. The van der Waals surface area contributed by atoms with E-state index in [2.05, 4.69) is 25.9 Å². The number of hydrogen-bond donors (Lipinski definition) is 2. The zero-order valence-corrected chi connectivity index (χ0v) is 17.3. The minimum Gasteiger partial charge on any atom is -0.361 e. The van der Waals surface area contributed by atoms with Crippen molar-refractivity contribution >= 4 is 23.2 Å². The molecule has 0 saturated carbocycles. The molecule has 2 N–H and O–H groups in total. The molecule has 0 fully saturated rings. The van der Waals surface area contributed by atoms with Crippen LogP contribution in [-0.2, 0) is 6.54 Å². The van der Waals surface area contributed by atoms with Crippen molar-refractivity contribution in [2.24, 2.45) is 0 Å². The van der Waals surface area contributed by atoms with Gasteiger partial charge in [0, 0.05) is 22.9 Å². The first kappa shape index (κ1) is 19.5. The molecule has 5 rings (SSSR count). The maximum atomic E-state index is 12.5. The Labute approximate surface area is 183 Å². The lowest BCUT2D eigenvalue weighted by molar-refractivity contribution is 0.0950. The van der Waals surface area contributed by atoms with Gasteiger partial charge in [0.05, 0.1) is 12.2 Å². The number of rotatable bonds is 6. The summed E-state index contributed by atoms with van der Waals surface area (Å²) in [6, 6.07) is 24.8. The van der Waals surface area contributed by atoms with Crippen LogP contribution >= 0.6 is 0 Å². The molecule has 32 heavy (non-hydrogen) atoms. The largest absolute Gasteiger partial charge is 0.361 e. The van der Waals surface area contributed by atoms with E-state index in [0.29, 0.717) is 29.5 Å². The van der Waals surface area contributed by atoms with E-state index in [-0.39, 0.29) is 5.91 Å². The Morgan fingerprint density at radius 1 is 1.00 bits per heavy atom. The molecule has 2 aromatic carbocycles. The molecule has 0 atom stereocenters. The Morgan fingerprint density at radius 3 is 2.56 bits per heavy atom. The lowest BCUT2D eigenvalue weighted by Gasteiger charge is -2.06. The summed E-state index contributed by atoms with van der Waals surface area (Å²) < 4.78 is 6.80. The molecule has 8 heteroatoms. The van der Waals surface area contributed by atoms with Crippen LogP contribution in [0, 0.1) is 6.92 Å². The Morgan fingerprint density at radius 2 is 1.81 bits per heavy atom. The van der Waals surface area contributed by atoms with Crippen LogP contribution in [0.3, 0.4) is 0 Å². The summed E-state index contributed by atoms with van der Waals surface area (Å²) in [5.74, 6) is 1.05. The van der Waals surface area contributed by atoms with Gasteiger partial charge < -0.3 is 15.2 Å². The van der Waals surface area contributed by atoms with E-state index in [1.807, 2.05) is 67.6 Å². The first-order valence-corrected chi connectivity index (χ1v) is 10.1. The highest BCUT2D eigenvalue weighted by atomic mass is 16.5. The van der Waals surface area contributed by atoms with E-state index >= 15 is 0 Å². The van der Waals surface area contributed by atoms with Gasteiger partial charge in [-0.3, -0.25) is 4.79 Å². The van der Waals surface area contributed by atoms with Crippen LogP contribution in [0.4, 0.5) is 11.6 Å². The van der Waals surface area contributed by atoms with Crippen molar-refractivity contribution in [2.75, 3.05) is 5.32 Å². The average Bonchev–Trinajstić information content (AvgIpc) is 3.43. The van der Waals surface area contributed by atoms with Gasteiger partial charge in [0.1, 0.15) is 11.5 Å². The molecule has 158 valence electrons. The van der Waals surface area contributed by atoms with Crippen LogP contribution in [0.25, 0.3) is 16.9 Å². The predicted octanol–water partition coefficient (Wildman–Crippen LogP) is 4.37. The summed E-state index contributed by atoms with van der Waals surface area (Å²) in [4.78, 5) is 17.0. The van der Waals surface area contributed by atoms with Crippen molar-refractivity contribution in [3.8, 4) is 11.3 Å². The fraction of sp³-hybridized carbons (Fsp3) is 0.0833. The molecule has 3 heterocycles. The number of nitrogens with zero attached hydrogens (tertiary/aromatic N) is 4. The number of carbonyl (C=O) groups excluding carboxylic acids is 1. The van der Waals surface area contributed by atoms with Crippen molar-refractivity contribution in [2.45, 2.75) is 13.5 Å². The molecule has 0 aliphatic rings. The molecule has 0 aliphatic heterocycles. The van der Waals surface area contributed by atoms with Crippen molar-refractivity contribution in [3.63, 3.8) is 0 Å². The molecular formula is C24H20N6O2. The average molecular weight is 424 g/mol. The molecule has 0 spiro atoms. The van der Waals surface area contributed by atoms with Crippen LogP contribution in [0.5, 0.6) is 0 Å². The van der Waals surface area contributed by atoms with Gasteiger partial charge in [0.25, 0.3) is 5.91 Å². The van der Waals surface area contributed by atoms with E-state index in [4.69, 9.17) is 4.52 Å². The molecule has 1 amide bonds. The number of benzene rings is 2. The second kappa shape index (κ2) is 8.35. The van der Waals surface area contributed by atoms with Gasteiger partial charge >= 0.3 is 0 Å². The third-order valence-corrected chi connectivity index (χ3v) is 4.94. The fourth-order valence-corrected chi connectivity index (χ4v) is 3.39. The number of carbonyl (C=O) groups is 1. The van der Waals surface area contributed by atoms with Crippen LogP contribution < -0.4 is 10.6 Å². The highest BCUT2D eigenvalue weighted by molar-refractivity contribution is 5.94. The molecule has 0 aliphatic carbocycles. The predicted molar refractivity (Wildman–Crippen MR) is 121 cm³/mol. The zero-order chi connectivity index (χ0) is 21.9. The summed E-state index contributed by atoms with van der Waals surface area (Å²) >= 11 is 0. The quantitative estimate of drug-likeness (QED) is 0.420. The number of aromatic nitrogens is 4. The van der Waals surface area contributed by atoms with Gasteiger partial charge in [0.15, 0.2) is 5.65 Å². The first-order valence-electron chi connectivity index (χ1n) is 10.1. The zero-order valence-electron chi connectivity index (χ0n) is 17.3. The fourth-order valence-electron chi connectivity index (χ4n) is 3.39. The number of amides is 1. The van der Waals surface area contributed by atoms with Gasteiger partial charge in [-0.1, -0.05) is 41.6 Å². The third-order valence-electron chi connectivity index (χ3n) is 4.94. The van der Waals surface area contributed by atoms with Crippen LogP contribution in [0.1, 0.15) is 21.8 Å². The summed E-state index contributed by atoms with van der Waals surface area (Å²) in [5, 5.41) is 14.6. The van der Waals surface area contributed by atoms with Crippen molar-refractivity contribution in [1.29, 1.82) is 0 Å². The van der Waals surface area contributed by atoms with E-state index in [1.54, 1.807) is 22.7 Å². The molecule has 0 bridgehead atoms. The standard InChI is InChI=1S/C24H20N6O2/c1-16-14-20(29-32-16)15-25-23(31)18-12-10-17(11-13-18)21-8-5-9-22-27-24(28-30(21)22)26-19-6-3-2-4-7-19/h2-14H,15H2,1H3,(H,25,31)(H,26,28). The molecule has 8 nitrogen and oxygen atoms in total.